The SMILES string of the molecule is O=C(CCCc1cccs1)NCc1cn2cc(Cl)ccc2n1. The van der Waals surface area contributed by atoms with Crippen LogP contribution in [0, 0.1) is 0 Å². The highest BCUT2D eigenvalue weighted by molar-refractivity contribution is 7.09. The predicted molar refractivity (Wildman–Crippen MR) is 89.3 cm³/mol. The molecular formula is C16H16ClN3OS. The average Bonchev–Trinajstić information content (AvgIpc) is 3.13. The molecular weight excluding hydrogens is 318 g/mol. The Morgan fingerprint density at radius 2 is 2.23 bits per heavy atom. The molecule has 0 aliphatic heterocycles. The number of thiophene rings is 1. The van der Waals surface area contributed by atoms with Crippen molar-refractivity contribution in [2.24, 2.45) is 0 Å². The lowest BCUT2D eigenvalue weighted by atomic mass is 10.2. The second-order valence-electron chi connectivity index (χ2n) is 5.05. The first-order chi connectivity index (χ1) is 10.7. The van der Waals surface area contributed by atoms with E-state index in [0.29, 0.717) is 18.0 Å². The molecule has 0 fully saturated rings. The van der Waals surface area contributed by atoms with E-state index in [9.17, 15) is 4.79 Å². The number of aromatic nitrogens is 2. The second-order valence-corrected chi connectivity index (χ2v) is 6.52. The third kappa shape index (κ3) is 3.87. The van der Waals surface area contributed by atoms with Crippen molar-refractivity contribution in [3.63, 3.8) is 0 Å². The molecule has 3 aromatic rings. The maximum atomic E-state index is 11.9. The molecule has 0 saturated carbocycles. The molecule has 0 aromatic carbocycles. The van der Waals surface area contributed by atoms with Gasteiger partial charge in [-0.1, -0.05) is 17.7 Å². The molecule has 0 saturated heterocycles. The number of amides is 1. The maximum absolute atomic E-state index is 11.9. The molecule has 0 unspecified atom stereocenters. The van der Waals surface area contributed by atoms with Crippen LogP contribution in [-0.2, 0) is 17.8 Å². The normalized spacial score (nSPS) is 11.0. The van der Waals surface area contributed by atoms with Crippen molar-refractivity contribution in [3.05, 3.63) is 57.6 Å². The number of hydrogen-bond donors (Lipinski definition) is 1. The Morgan fingerprint density at radius 1 is 1.32 bits per heavy atom. The molecule has 114 valence electrons. The molecule has 6 heteroatoms. The molecule has 4 nitrogen and oxygen atoms in total. The highest BCUT2D eigenvalue weighted by Crippen LogP contribution is 2.13. The first-order valence-electron chi connectivity index (χ1n) is 7.13. The summed E-state index contributed by atoms with van der Waals surface area (Å²) in [5.41, 5.74) is 1.65. The van der Waals surface area contributed by atoms with Gasteiger partial charge in [0.1, 0.15) is 5.65 Å². The van der Waals surface area contributed by atoms with Gasteiger partial charge in [-0.05, 0) is 36.4 Å². The monoisotopic (exact) mass is 333 g/mol. The van der Waals surface area contributed by atoms with Crippen LogP contribution in [0.3, 0.4) is 0 Å². The van der Waals surface area contributed by atoms with Crippen molar-refractivity contribution in [1.82, 2.24) is 14.7 Å². The number of hydrogen-bond acceptors (Lipinski definition) is 3. The lowest BCUT2D eigenvalue weighted by Crippen LogP contribution is -2.22. The van der Waals surface area contributed by atoms with E-state index in [1.807, 2.05) is 22.7 Å². The van der Waals surface area contributed by atoms with Crippen LogP contribution >= 0.6 is 22.9 Å². The summed E-state index contributed by atoms with van der Waals surface area (Å²) in [7, 11) is 0. The average molecular weight is 334 g/mol. The second kappa shape index (κ2) is 6.94. The summed E-state index contributed by atoms with van der Waals surface area (Å²) in [6.45, 7) is 0.442. The van der Waals surface area contributed by atoms with E-state index in [4.69, 9.17) is 11.6 Å². The number of imidazole rings is 1. The van der Waals surface area contributed by atoms with Gasteiger partial charge in [0.15, 0.2) is 0 Å². The van der Waals surface area contributed by atoms with E-state index in [2.05, 4.69) is 21.7 Å². The number of carbonyl (C=O) groups excluding carboxylic acids is 1. The summed E-state index contributed by atoms with van der Waals surface area (Å²) in [6, 6.07) is 7.80. The van der Waals surface area contributed by atoms with E-state index < -0.39 is 0 Å². The predicted octanol–water partition coefficient (Wildman–Crippen LogP) is 3.69. The molecule has 3 aromatic heterocycles. The van der Waals surface area contributed by atoms with Crippen LogP contribution in [-0.4, -0.2) is 15.3 Å². The molecule has 1 N–H and O–H groups in total. The molecule has 3 heterocycles. The third-order valence-corrected chi connectivity index (χ3v) is 4.50. The van der Waals surface area contributed by atoms with Crippen LogP contribution < -0.4 is 5.32 Å². The number of nitrogens with one attached hydrogen (secondary N) is 1. The molecule has 0 spiro atoms. The fraction of sp³-hybridized carbons (Fsp3) is 0.250. The zero-order valence-corrected chi connectivity index (χ0v) is 13.5. The molecule has 0 radical (unpaired) electrons. The first kappa shape index (κ1) is 15.1. The summed E-state index contributed by atoms with van der Waals surface area (Å²) in [5, 5.41) is 5.63. The Balaban J connectivity index is 1.47. The molecule has 0 bridgehead atoms. The van der Waals surface area contributed by atoms with Gasteiger partial charge >= 0.3 is 0 Å². The summed E-state index contributed by atoms with van der Waals surface area (Å²) < 4.78 is 1.86. The molecule has 22 heavy (non-hydrogen) atoms. The Bertz CT molecular complexity index is 767. The molecule has 1 amide bonds. The van der Waals surface area contributed by atoms with Crippen LogP contribution in [0.5, 0.6) is 0 Å². The van der Waals surface area contributed by atoms with Gasteiger partial charge in [-0.2, -0.15) is 0 Å². The lowest BCUT2D eigenvalue weighted by Gasteiger charge is -2.02. The van der Waals surface area contributed by atoms with Gasteiger partial charge in [0, 0.05) is 23.7 Å². The van der Waals surface area contributed by atoms with Gasteiger partial charge in [-0.25, -0.2) is 4.98 Å². The van der Waals surface area contributed by atoms with E-state index in [1.54, 1.807) is 23.6 Å². The minimum Gasteiger partial charge on any atom is -0.350 e. The standard InChI is InChI=1S/C16H16ClN3OS/c17-12-6-7-15-19-13(11-20(15)10-12)9-18-16(21)5-1-3-14-4-2-8-22-14/h2,4,6-8,10-11H,1,3,5,9H2,(H,18,21). The van der Waals surface area contributed by atoms with Crippen molar-refractivity contribution >= 4 is 34.5 Å². The summed E-state index contributed by atoms with van der Waals surface area (Å²) >= 11 is 7.67. The van der Waals surface area contributed by atoms with Gasteiger partial charge in [-0.15, -0.1) is 11.3 Å². The Kier molecular flexibility index (Phi) is 4.75. The maximum Gasteiger partial charge on any atom is 0.220 e. The van der Waals surface area contributed by atoms with Crippen LogP contribution in [0.1, 0.15) is 23.4 Å². The summed E-state index contributed by atoms with van der Waals surface area (Å²) in [4.78, 5) is 17.6. The van der Waals surface area contributed by atoms with Gasteiger partial charge in [0.2, 0.25) is 5.91 Å². The van der Waals surface area contributed by atoms with Crippen molar-refractivity contribution in [2.45, 2.75) is 25.8 Å². The number of halogens is 1. The first-order valence-corrected chi connectivity index (χ1v) is 8.39. The largest absolute Gasteiger partial charge is 0.350 e. The van der Waals surface area contributed by atoms with Crippen molar-refractivity contribution in [3.8, 4) is 0 Å². The van der Waals surface area contributed by atoms with Crippen molar-refractivity contribution < 1.29 is 4.79 Å². The van der Waals surface area contributed by atoms with Crippen molar-refractivity contribution in [2.75, 3.05) is 0 Å². The fourth-order valence-electron chi connectivity index (χ4n) is 2.26. The van der Waals surface area contributed by atoms with Gasteiger partial charge in [0.05, 0.1) is 17.3 Å². The number of pyridine rings is 1. The van der Waals surface area contributed by atoms with E-state index in [1.165, 1.54) is 4.88 Å². The van der Waals surface area contributed by atoms with E-state index in [0.717, 1.165) is 24.2 Å². The van der Waals surface area contributed by atoms with E-state index >= 15 is 0 Å². The highest BCUT2D eigenvalue weighted by Gasteiger charge is 2.05. The number of rotatable bonds is 6. The molecule has 0 atom stereocenters. The number of fused-ring (bicyclic) bond motifs is 1. The zero-order valence-electron chi connectivity index (χ0n) is 12.0. The molecule has 3 rings (SSSR count). The number of nitrogens with zero attached hydrogens (tertiary/aromatic N) is 2. The minimum absolute atomic E-state index is 0.0617. The Labute approximate surface area is 137 Å². The molecule has 0 aliphatic rings. The van der Waals surface area contributed by atoms with Crippen LogP contribution in [0.4, 0.5) is 0 Å². The van der Waals surface area contributed by atoms with Gasteiger partial charge in [0.25, 0.3) is 0 Å². The summed E-state index contributed by atoms with van der Waals surface area (Å²) in [5.74, 6) is 0.0617. The third-order valence-electron chi connectivity index (χ3n) is 3.34. The summed E-state index contributed by atoms with van der Waals surface area (Å²) in [6.07, 6.45) is 6.05. The van der Waals surface area contributed by atoms with Crippen LogP contribution in [0.15, 0.2) is 42.0 Å². The van der Waals surface area contributed by atoms with Gasteiger partial charge in [-0.3, -0.25) is 4.79 Å². The fourth-order valence-corrected chi connectivity index (χ4v) is 3.18. The number of carbonyl (C=O) groups is 1. The highest BCUT2D eigenvalue weighted by atomic mass is 35.5. The van der Waals surface area contributed by atoms with Crippen LogP contribution in [0.25, 0.3) is 5.65 Å². The number of aryl methyl sites for hydroxylation is 1. The Hall–Kier alpha value is -1.85. The van der Waals surface area contributed by atoms with Crippen molar-refractivity contribution in [1.29, 1.82) is 0 Å². The topological polar surface area (TPSA) is 46.4 Å². The molecule has 0 aliphatic carbocycles. The zero-order chi connectivity index (χ0) is 15.4. The quantitative estimate of drug-likeness (QED) is 0.747. The van der Waals surface area contributed by atoms with E-state index in [-0.39, 0.29) is 5.91 Å². The van der Waals surface area contributed by atoms with Gasteiger partial charge < -0.3 is 9.72 Å². The minimum atomic E-state index is 0.0617. The lowest BCUT2D eigenvalue weighted by molar-refractivity contribution is -0.121. The Morgan fingerprint density at radius 3 is 3.05 bits per heavy atom. The van der Waals surface area contributed by atoms with Crippen LogP contribution in [0.2, 0.25) is 5.02 Å². The smallest absolute Gasteiger partial charge is 0.220 e.